The molecule has 0 N–H and O–H groups in total. The summed E-state index contributed by atoms with van der Waals surface area (Å²) in [4.78, 5) is 18.6. The van der Waals surface area contributed by atoms with Crippen molar-refractivity contribution in [2.45, 2.75) is 39.3 Å². The maximum absolute atomic E-state index is 12.4. The van der Waals surface area contributed by atoms with Crippen LogP contribution in [0.2, 0.25) is 0 Å². The van der Waals surface area contributed by atoms with Gasteiger partial charge in [0.25, 0.3) is 0 Å². The van der Waals surface area contributed by atoms with Gasteiger partial charge in [-0.25, -0.2) is 4.68 Å². The Hall–Kier alpha value is -2.95. The molecule has 1 amide bonds. The molecule has 4 rings (SSSR count). The van der Waals surface area contributed by atoms with Gasteiger partial charge in [-0.3, -0.25) is 9.69 Å². The van der Waals surface area contributed by atoms with Gasteiger partial charge in [0.05, 0.1) is 12.1 Å². The molecule has 2 atom stereocenters. The van der Waals surface area contributed by atoms with E-state index >= 15 is 0 Å². The molecule has 26 heavy (non-hydrogen) atoms. The summed E-state index contributed by atoms with van der Waals surface area (Å²) >= 11 is 0. The average molecular weight is 346 g/mol. The number of carbonyl (C=O) groups is 1. The molecule has 0 bridgehead atoms. The third-order valence-corrected chi connectivity index (χ3v) is 5.09. The van der Waals surface area contributed by atoms with Crippen LogP contribution >= 0.6 is 0 Å². The monoisotopic (exact) mass is 346 g/mol. The molecule has 3 aromatic rings. The minimum absolute atomic E-state index is 0.0211. The number of rotatable bonds is 2. The van der Waals surface area contributed by atoms with Gasteiger partial charge in [-0.05, 0) is 31.4 Å². The van der Waals surface area contributed by atoms with Crippen molar-refractivity contribution in [1.29, 1.82) is 0 Å². The number of carbonyl (C=O) groups excluding carboxylic acids is 1. The minimum Gasteiger partial charge on any atom is -0.275 e. The first-order chi connectivity index (χ1) is 12.5. The maximum atomic E-state index is 12.4. The lowest BCUT2D eigenvalue weighted by Gasteiger charge is -2.38. The number of benzene rings is 2. The summed E-state index contributed by atoms with van der Waals surface area (Å²) in [5.74, 6) is 0.590. The number of hydrogen-bond acceptors (Lipinski definition) is 3. The van der Waals surface area contributed by atoms with Gasteiger partial charge in [-0.15, -0.1) is 0 Å². The Kier molecular flexibility index (Phi) is 4.07. The number of aryl methyl sites for hydroxylation is 2. The Balaban J connectivity index is 1.82. The van der Waals surface area contributed by atoms with Gasteiger partial charge in [-0.2, -0.15) is 10.1 Å². The van der Waals surface area contributed by atoms with Crippen LogP contribution < -0.4 is 4.90 Å². The second-order valence-corrected chi connectivity index (χ2v) is 6.98. The van der Waals surface area contributed by atoms with Crippen molar-refractivity contribution in [3.05, 3.63) is 77.1 Å². The van der Waals surface area contributed by atoms with E-state index in [0.29, 0.717) is 5.95 Å². The lowest BCUT2D eigenvalue weighted by molar-refractivity contribution is -0.117. The van der Waals surface area contributed by atoms with Gasteiger partial charge in [0.1, 0.15) is 6.33 Å². The third kappa shape index (κ3) is 2.79. The number of aromatic nitrogens is 3. The molecular formula is C21H22N4O. The molecule has 5 heteroatoms. The van der Waals surface area contributed by atoms with E-state index in [1.807, 2.05) is 4.68 Å². The van der Waals surface area contributed by atoms with Crippen LogP contribution in [0.25, 0.3) is 0 Å². The highest BCUT2D eigenvalue weighted by molar-refractivity contribution is 5.90. The topological polar surface area (TPSA) is 51.0 Å². The van der Waals surface area contributed by atoms with E-state index in [4.69, 9.17) is 0 Å². The summed E-state index contributed by atoms with van der Waals surface area (Å²) in [6.07, 6.45) is 2.30. The Morgan fingerprint density at radius 3 is 2.00 bits per heavy atom. The van der Waals surface area contributed by atoms with Gasteiger partial charge in [0.15, 0.2) is 0 Å². The molecule has 5 nitrogen and oxygen atoms in total. The average Bonchev–Trinajstić information content (AvgIpc) is 3.11. The summed E-state index contributed by atoms with van der Waals surface area (Å²) in [5, 5.41) is 4.42. The van der Waals surface area contributed by atoms with Crippen LogP contribution in [0.3, 0.4) is 0 Å². The zero-order valence-corrected chi connectivity index (χ0v) is 15.3. The predicted octanol–water partition coefficient (Wildman–Crippen LogP) is 3.98. The number of anilines is 1. The summed E-state index contributed by atoms with van der Waals surface area (Å²) in [5.41, 5.74) is 4.74. The lowest BCUT2D eigenvalue weighted by atomic mass is 9.91. The van der Waals surface area contributed by atoms with Gasteiger partial charge in [0, 0.05) is 6.92 Å². The molecule has 1 aliphatic heterocycles. The van der Waals surface area contributed by atoms with Crippen LogP contribution in [-0.4, -0.2) is 20.7 Å². The molecule has 0 aliphatic carbocycles. The summed E-state index contributed by atoms with van der Waals surface area (Å²) in [7, 11) is 0. The molecule has 0 spiro atoms. The molecule has 0 saturated heterocycles. The zero-order chi connectivity index (χ0) is 18.3. The molecular weight excluding hydrogens is 324 g/mol. The molecule has 1 aromatic heterocycles. The molecule has 132 valence electrons. The van der Waals surface area contributed by atoms with E-state index in [1.54, 1.807) is 11.8 Å². The van der Waals surface area contributed by atoms with Crippen LogP contribution in [-0.2, 0) is 4.79 Å². The summed E-state index contributed by atoms with van der Waals surface area (Å²) < 4.78 is 1.87. The zero-order valence-electron chi connectivity index (χ0n) is 15.3. The first-order valence-corrected chi connectivity index (χ1v) is 8.87. The van der Waals surface area contributed by atoms with Crippen molar-refractivity contribution in [2.24, 2.45) is 0 Å². The molecule has 0 unspecified atom stereocenters. The fourth-order valence-corrected chi connectivity index (χ4v) is 3.69. The lowest BCUT2D eigenvalue weighted by Crippen LogP contribution is -2.41. The molecule has 0 radical (unpaired) electrons. The standard InChI is InChI=1S/C21H22N4O/c1-14-4-8-17(9-5-14)19-12-20(18-10-6-15(2)7-11-18)25-21(22-13-23-25)24(19)16(3)26/h4-11,13,19-20H,12H2,1-3H3/t19-,20-/m1/s1. The number of amides is 1. The first-order valence-electron chi connectivity index (χ1n) is 8.87. The predicted molar refractivity (Wildman–Crippen MR) is 101 cm³/mol. The fraction of sp³-hybridized carbons (Fsp3) is 0.286. The van der Waals surface area contributed by atoms with Gasteiger partial charge in [0.2, 0.25) is 11.9 Å². The van der Waals surface area contributed by atoms with Crippen LogP contribution in [0, 0.1) is 13.8 Å². The van der Waals surface area contributed by atoms with E-state index in [1.165, 1.54) is 23.0 Å². The van der Waals surface area contributed by atoms with E-state index in [9.17, 15) is 4.79 Å². The normalized spacial score (nSPS) is 19.3. The Morgan fingerprint density at radius 2 is 1.46 bits per heavy atom. The second-order valence-electron chi connectivity index (χ2n) is 6.98. The van der Waals surface area contributed by atoms with Crippen molar-refractivity contribution in [3.8, 4) is 0 Å². The molecule has 0 fully saturated rings. The summed E-state index contributed by atoms with van der Waals surface area (Å²) in [6, 6.07) is 16.9. The van der Waals surface area contributed by atoms with Crippen molar-refractivity contribution >= 4 is 11.9 Å². The van der Waals surface area contributed by atoms with Crippen molar-refractivity contribution < 1.29 is 4.79 Å². The van der Waals surface area contributed by atoms with E-state index in [2.05, 4.69) is 72.5 Å². The molecule has 1 aliphatic rings. The van der Waals surface area contributed by atoms with Crippen molar-refractivity contribution in [1.82, 2.24) is 14.8 Å². The fourth-order valence-electron chi connectivity index (χ4n) is 3.69. The Labute approximate surface area is 153 Å². The highest BCUT2D eigenvalue weighted by Crippen LogP contribution is 2.41. The molecule has 2 heterocycles. The minimum atomic E-state index is -0.0592. The van der Waals surface area contributed by atoms with Crippen LogP contribution in [0.1, 0.15) is 47.7 Å². The number of hydrogen-bond donors (Lipinski definition) is 0. The van der Waals surface area contributed by atoms with Gasteiger partial charge in [-0.1, -0.05) is 59.7 Å². The van der Waals surface area contributed by atoms with Crippen LogP contribution in [0.5, 0.6) is 0 Å². The van der Waals surface area contributed by atoms with Crippen LogP contribution in [0.4, 0.5) is 5.95 Å². The van der Waals surface area contributed by atoms with Crippen molar-refractivity contribution in [2.75, 3.05) is 4.90 Å². The Morgan fingerprint density at radius 1 is 0.923 bits per heavy atom. The number of fused-ring (bicyclic) bond motifs is 1. The Bertz CT molecular complexity index is 927. The van der Waals surface area contributed by atoms with E-state index in [-0.39, 0.29) is 18.0 Å². The van der Waals surface area contributed by atoms with E-state index in [0.717, 1.165) is 12.0 Å². The second kappa shape index (κ2) is 6.41. The number of nitrogens with zero attached hydrogens (tertiary/aromatic N) is 4. The largest absolute Gasteiger partial charge is 0.275 e. The van der Waals surface area contributed by atoms with Crippen molar-refractivity contribution in [3.63, 3.8) is 0 Å². The van der Waals surface area contributed by atoms with Gasteiger partial charge >= 0.3 is 0 Å². The first kappa shape index (κ1) is 16.5. The van der Waals surface area contributed by atoms with Crippen LogP contribution in [0.15, 0.2) is 54.9 Å². The molecule has 0 saturated carbocycles. The summed E-state index contributed by atoms with van der Waals surface area (Å²) in [6.45, 7) is 5.74. The highest BCUT2D eigenvalue weighted by atomic mass is 16.2. The van der Waals surface area contributed by atoms with Gasteiger partial charge < -0.3 is 0 Å². The smallest absolute Gasteiger partial charge is 0.231 e. The van der Waals surface area contributed by atoms with E-state index < -0.39 is 0 Å². The third-order valence-electron chi connectivity index (χ3n) is 5.09. The SMILES string of the molecule is CC(=O)N1c2ncnn2[C@@H](c2ccc(C)cc2)C[C@@H]1c1ccc(C)cc1. The molecule has 2 aromatic carbocycles. The highest BCUT2D eigenvalue weighted by Gasteiger charge is 2.37. The maximum Gasteiger partial charge on any atom is 0.231 e. The quantitative estimate of drug-likeness (QED) is 0.705.